The maximum atomic E-state index is 12.1. The number of anilines is 1. The third-order valence-corrected chi connectivity index (χ3v) is 4.30. The molecule has 0 spiro atoms. The van der Waals surface area contributed by atoms with Crippen molar-refractivity contribution in [3.63, 3.8) is 0 Å². The molecule has 0 aliphatic carbocycles. The van der Waals surface area contributed by atoms with E-state index in [0.29, 0.717) is 16.3 Å². The van der Waals surface area contributed by atoms with Crippen LogP contribution in [0.3, 0.4) is 0 Å². The zero-order valence-corrected chi connectivity index (χ0v) is 16.1. The van der Waals surface area contributed by atoms with Gasteiger partial charge in [0, 0.05) is 23.0 Å². The predicted octanol–water partition coefficient (Wildman–Crippen LogP) is 3.78. The third-order valence-electron chi connectivity index (χ3n) is 3.31. The fourth-order valence-corrected chi connectivity index (χ4v) is 2.91. The predicted molar refractivity (Wildman–Crippen MR) is 102 cm³/mol. The zero-order chi connectivity index (χ0) is 19.8. The Labute approximate surface area is 161 Å². The average molecular weight is 385 g/mol. The Morgan fingerprint density at radius 3 is 2.22 bits per heavy atom. The highest BCUT2D eigenvalue weighted by Gasteiger charge is 2.15. The van der Waals surface area contributed by atoms with Gasteiger partial charge in [-0.15, -0.1) is 11.3 Å². The van der Waals surface area contributed by atoms with Crippen molar-refractivity contribution in [1.29, 1.82) is 5.26 Å². The molecule has 0 aliphatic heterocycles. The van der Waals surface area contributed by atoms with Crippen molar-refractivity contribution in [3.05, 3.63) is 51.6 Å². The fourth-order valence-electron chi connectivity index (χ4n) is 2.15. The molecule has 0 unspecified atom stereocenters. The van der Waals surface area contributed by atoms with E-state index in [9.17, 15) is 14.9 Å². The number of nitrogens with one attached hydrogen (secondary N) is 1. The number of thiazole rings is 1. The van der Waals surface area contributed by atoms with Crippen LogP contribution >= 0.6 is 11.3 Å². The molecule has 27 heavy (non-hydrogen) atoms. The first-order valence-corrected chi connectivity index (χ1v) is 9.15. The minimum Gasteiger partial charge on any atom is -0.462 e. The number of allylic oxidation sites excluding steroid dienone is 1. The van der Waals surface area contributed by atoms with Gasteiger partial charge in [0.25, 0.3) is 0 Å². The van der Waals surface area contributed by atoms with E-state index in [1.807, 2.05) is 12.3 Å². The van der Waals surface area contributed by atoms with Crippen LogP contribution < -0.4 is 5.32 Å². The van der Waals surface area contributed by atoms with Crippen LogP contribution in [0, 0.1) is 18.3 Å². The van der Waals surface area contributed by atoms with Crippen molar-refractivity contribution in [1.82, 2.24) is 4.98 Å². The molecule has 1 aromatic carbocycles. The minimum atomic E-state index is -0.549. The number of ether oxygens (including phenoxy) is 2. The smallest absolute Gasteiger partial charge is 0.338 e. The van der Waals surface area contributed by atoms with E-state index in [4.69, 9.17) is 9.47 Å². The Kier molecular flexibility index (Phi) is 7.08. The quantitative estimate of drug-likeness (QED) is 0.571. The van der Waals surface area contributed by atoms with Gasteiger partial charge in [0.2, 0.25) is 0 Å². The highest BCUT2D eigenvalue weighted by Crippen LogP contribution is 2.21. The van der Waals surface area contributed by atoms with Crippen LogP contribution in [0.2, 0.25) is 0 Å². The second kappa shape index (κ2) is 9.50. The molecule has 0 fully saturated rings. The molecule has 1 N–H and O–H groups in total. The maximum absolute atomic E-state index is 12.1. The van der Waals surface area contributed by atoms with E-state index in [1.54, 1.807) is 26.0 Å². The molecule has 1 heterocycles. The molecule has 0 atom stereocenters. The van der Waals surface area contributed by atoms with Crippen LogP contribution in [0.1, 0.15) is 45.3 Å². The molecule has 0 aliphatic rings. The van der Waals surface area contributed by atoms with E-state index in [1.165, 1.54) is 23.6 Å². The SMILES string of the molecule is CCOC(=O)c1cc(N/C=C(\C#N)c2nc(C)cs2)cc(C(=O)OCC)c1. The number of carbonyl (C=O) groups is 2. The highest BCUT2D eigenvalue weighted by molar-refractivity contribution is 7.10. The average Bonchev–Trinajstić information content (AvgIpc) is 3.08. The molecule has 2 rings (SSSR count). The first-order valence-electron chi connectivity index (χ1n) is 8.27. The maximum Gasteiger partial charge on any atom is 0.338 e. The summed E-state index contributed by atoms with van der Waals surface area (Å²) in [6.45, 7) is 5.67. The number of hydrogen-bond donors (Lipinski definition) is 1. The number of esters is 2. The molecule has 0 saturated carbocycles. The molecular formula is C19H19N3O4S. The summed E-state index contributed by atoms with van der Waals surface area (Å²) >= 11 is 1.36. The lowest BCUT2D eigenvalue weighted by Gasteiger charge is -2.09. The van der Waals surface area contributed by atoms with Crippen LogP contribution in [-0.2, 0) is 9.47 Å². The lowest BCUT2D eigenvalue weighted by Crippen LogP contribution is -2.10. The Morgan fingerprint density at radius 1 is 1.19 bits per heavy atom. The first kappa shape index (κ1) is 20.1. The van der Waals surface area contributed by atoms with Crippen molar-refractivity contribution in [3.8, 4) is 6.07 Å². The molecule has 2 aromatic rings. The topological polar surface area (TPSA) is 101 Å². The van der Waals surface area contributed by atoms with Gasteiger partial charge in [-0.25, -0.2) is 14.6 Å². The van der Waals surface area contributed by atoms with Crippen LogP contribution in [-0.4, -0.2) is 30.1 Å². The van der Waals surface area contributed by atoms with Crippen molar-refractivity contribution in [2.75, 3.05) is 18.5 Å². The third kappa shape index (κ3) is 5.39. The standard InChI is InChI=1S/C19H19N3O4S/c1-4-25-18(23)13-6-14(19(24)26-5-2)8-16(7-13)21-10-15(9-20)17-22-12(3)11-27-17/h6-8,10-11,21H,4-5H2,1-3H3/b15-10+. The van der Waals surface area contributed by atoms with Crippen LogP contribution in [0.4, 0.5) is 5.69 Å². The van der Waals surface area contributed by atoms with E-state index in [0.717, 1.165) is 5.69 Å². The molecule has 7 nitrogen and oxygen atoms in total. The number of nitrogens with zero attached hydrogens (tertiary/aromatic N) is 2. The number of rotatable bonds is 7. The normalized spacial score (nSPS) is 10.8. The van der Waals surface area contributed by atoms with Gasteiger partial charge in [-0.05, 0) is 39.0 Å². The summed E-state index contributed by atoms with van der Waals surface area (Å²) in [4.78, 5) is 28.4. The summed E-state index contributed by atoms with van der Waals surface area (Å²) < 4.78 is 10.0. The largest absolute Gasteiger partial charge is 0.462 e. The van der Waals surface area contributed by atoms with Gasteiger partial charge >= 0.3 is 11.9 Å². The molecule has 0 bridgehead atoms. The number of aromatic nitrogens is 1. The summed E-state index contributed by atoms with van der Waals surface area (Å²) in [5.41, 5.74) is 2.03. The summed E-state index contributed by atoms with van der Waals surface area (Å²) in [7, 11) is 0. The zero-order valence-electron chi connectivity index (χ0n) is 15.2. The van der Waals surface area contributed by atoms with Crippen molar-refractivity contribution in [2.24, 2.45) is 0 Å². The lowest BCUT2D eigenvalue weighted by molar-refractivity contribution is 0.0525. The van der Waals surface area contributed by atoms with Crippen LogP contribution in [0.15, 0.2) is 29.8 Å². The van der Waals surface area contributed by atoms with Gasteiger partial charge in [0.05, 0.1) is 24.3 Å². The monoisotopic (exact) mass is 385 g/mol. The van der Waals surface area contributed by atoms with Gasteiger partial charge in [0.15, 0.2) is 0 Å². The minimum absolute atomic E-state index is 0.210. The number of aryl methyl sites for hydroxylation is 1. The molecule has 1 aromatic heterocycles. The Balaban J connectivity index is 2.36. The molecular weight excluding hydrogens is 366 g/mol. The van der Waals surface area contributed by atoms with Crippen molar-refractivity contribution >= 4 is 34.5 Å². The van der Waals surface area contributed by atoms with E-state index in [-0.39, 0.29) is 24.3 Å². The number of carbonyl (C=O) groups excluding carboxylic acids is 2. The summed E-state index contributed by atoms with van der Waals surface area (Å²) in [6.07, 6.45) is 1.48. The molecule has 140 valence electrons. The van der Waals surface area contributed by atoms with Gasteiger partial charge < -0.3 is 14.8 Å². The van der Waals surface area contributed by atoms with Gasteiger partial charge in [-0.2, -0.15) is 5.26 Å². The van der Waals surface area contributed by atoms with Gasteiger partial charge in [0.1, 0.15) is 16.6 Å². The van der Waals surface area contributed by atoms with Crippen molar-refractivity contribution in [2.45, 2.75) is 20.8 Å². The van der Waals surface area contributed by atoms with Crippen molar-refractivity contribution < 1.29 is 19.1 Å². The number of nitriles is 1. The summed E-state index contributed by atoms with van der Waals surface area (Å²) in [5.74, 6) is -1.10. The molecule has 0 saturated heterocycles. The van der Waals surface area contributed by atoms with Gasteiger partial charge in [-0.3, -0.25) is 0 Å². The molecule has 8 heteroatoms. The Bertz CT molecular complexity index is 876. The highest BCUT2D eigenvalue weighted by atomic mass is 32.1. The Hall–Kier alpha value is -3.18. The number of benzene rings is 1. The molecule has 0 radical (unpaired) electrons. The first-order chi connectivity index (χ1) is 13.0. The summed E-state index contributed by atoms with van der Waals surface area (Å²) in [6, 6.07) is 6.58. The fraction of sp³-hybridized carbons (Fsp3) is 0.263. The van der Waals surface area contributed by atoms with E-state index < -0.39 is 11.9 Å². The van der Waals surface area contributed by atoms with Crippen LogP contribution in [0.5, 0.6) is 0 Å². The second-order valence-electron chi connectivity index (χ2n) is 5.35. The molecule has 0 amide bonds. The van der Waals surface area contributed by atoms with Crippen LogP contribution in [0.25, 0.3) is 5.57 Å². The van der Waals surface area contributed by atoms with E-state index >= 15 is 0 Å². The summed E-state index contributed by atoms with van der Waals surface area (Å²) in [5, 5.41) is 14.7. The van der Waals surface area contributed by atoms with Gasteiger partial charge in [-0.1, -0.05) is 0 Å². The second-order valence-corrected chi connectivity index (χ2v) is 6.21. The van der Waals surface area contributed by atoms with E-state index in [2.05, 4.69) is 16.4 Å². The number of hydrogen-bond acceptors (Lipinski definition) is 8. The lowest BCUT2D eigenvalue weighted by atomic mass is 10.1. The Morgan fingerprint density at radius 2 is 1.78 bits per heavy atom.